The van der Waals surface area contributed by atoms with Gasteiger partial charge in [-0.25, -0.2) is 4.79 Å². The van der Waals surface area contributed by atoms with E-state index in [4.69, 9.17) is 19.7 Å². The van der Waals surface area contributed by atoms with Crippen molar-refractivity contribution in [2.45, 2.75) is 6.04 Å². The Labute approximate surface area is 82.0 Å². The van der Waals surface area contributed by atoms with Gasteiger partial charge in [0.25, 0.3) is 0 Å². The molecule has 1 heterocycles. The van der Waals surface area contributed by atoms with Gasteiger partial charge in [0.1, 0.15) is 6.61 Å². The van der Waals surface area contributed by atoms with Crippen LogP contribution in [0, 0.1) is 0 Å². The molecule has 0 aliphatic carbocycles. The third-order valence-corrected chi connectivity index (χ3v) is 1.99. The minimum atomic E-state index is -0.513. The Morgan fingerprint density at radius 2 is 2.36 bits per heavy atom. The van der Waals surface area contributed by atoms with E-state index in [1.54, 1.807) is 0 Å². The van der Waals surface area contributed by atoms with E-state index < -0.39 is 6.09 Å². The Balaban J connectivity index is 2.41. The number of hydrogen-bond donors (Lipinski definition) is 2. The number of ether oxygens (including phenoxy) is 2. The van der Waals surface area contributed by atoms with E-state index in [-0.39, 0.29) is 25.9 Å². The molecule has 1 unspecified atom stereocenters. The van der Waals surface area contributed by atoms with Gasteiger partial charge in [0.15, 0.2) is 0 Å². The van der Waals surface area contributed by atoms with Crippen molar-refractivity contribution in [3.8, 4) is 0 Å². The molecule has 1 fully saturated rings. The molecule has 14 heavy (non-hydrogen) atoms. The van der Waals surface area contributed by atoms with E-state index in [9.17, 15) is 4.79 Å². The molecule has 6 heteroatoms. The molecule has 1 saturated heterocycles. The molecule has 1 rings (SSSR count). The fraction of sp³-hybridized carbons (Fsp3) is 0.875. The third-order valence-electron chi connectivity index (χ3n) is 1.99. The normalized spacial score (nSPS) is 22.1. The van der Waals surface area contributed by atoms with Gasteiger partial charge >= 0.3 is 6.09 Å². The van der Waals surface area contributed by atoms with Crippen LogP contribution in [0.25, 0.3) is 0 Å². The maximum atomic E-state index is 11.4. The van der Waals surface area contributed by atoms with Gasteiger partial charge in [-0.05, 0) is 0 Å². The van der Waals surface area contributed by atoms with Gasteiger partial charge in [-0.15, -0.1) is 0 Å². The smallest absolute Gasteiger partial charge is 0.410 e. The highest BCUT2D eigenvalue weighted by molar-refractivity contribution is 5.68. The number of hydrogen-bond acceptors (Lipinski definition) is 5. The van der Waals surface area contributed by atoms with Crippen LogP contribution in [0.1, 0.15) is 0 Å². The van der Waals surface area contributed by atoms with Gasteiger partial charge < -0.3 is 19.7 Å². The summed E-state index contributed by atoms with van der Waals surface area (Å²) in [6.07, 6.45) is -0.513. The van der Waals surface area contributed by atoms with Gasteiger partial charge in [0.2, 0.25) is 0 Å². The summed E-state index contributed by atoms with van der Waals surface area (Å²) < 4.78 is 9.83. The van der Waals surface area contributed by atoms with Crippen molar-refractivity contribution in [2.24, 2.45) is 0 Å². The van der Waals surface area contributed by atoms with Crippen LogP contribution in [0.4, 0.5) is 4.79 Å². The number of carbonyl (C=O) groups excluding carboxylic acids is 1. The fourth-order valence-electron chi connectivity index (χ4n) is 1.26. The summed E-state index contributed by atoms with van der Waals surface area (Å²) in [7, 11) is 0. The number of morpholine rings is 1. The highest BCUT2D eigenvalue weighted by Gasteiger charge is 2.27. The first kappa shape index (κ1) is 11.2. The molecule has 0 spiro atoms. The van der Waals surface area contributed by atoms with Gasteiger partial charge in [0.05, 0.1) is 32.5 Å². The van der Waals surface area contributed by atoms with Crippen LogP contribution in [0.3, 0.4) is 0 Å². The second-order valence-electron chi connectivity index (χ2n) is 2.94. The molecule has 0 saturated carbocycles. The first-order valence-corrected chi connectivity index (χ1v) is 4.52. The molecule has 0 aromatic rings. The zero-order valence-corrected chi connectivity index (χ0v) is 7.89. The maximum Gasteiger partial charge on any atom is 0.410 e. The fourth-order valence-corrected chi connectivity index (χ4v) is 1.26. The van der Waals surface area contributed by atoms with E-state index in [2.05, 4.69) is 0 Å². The lowest BCUT2D eigenvalue weighted by molar-refractivity contribution is -0.0277. The predicted octanol–water partition coefficient (Wildman–Crippen LogP) is -1.19. The van der Waals surface area contributed by atoms with Gasteiger partial charge in [-0.2, -0.15) is 0 Å². The molecule has 1 aliphatic rings. The second-order valence-corrected chi connectivity index (χ2v) is 2.94. The Kier molecular flexibility index (Phi) is 4.64. The van der Waals surface area contributed by atoms with E-state index >= 15 is 0 Å². The standard InChI is InChI=1S/C8H15NO5/c10-2-4-14-8(12)9-1-3-13-6-7(9)5-11/h7,10-11H,1-6H2. The van der Waals surface area contributed by atoms with Crippen molar-refractivity contribution in [1.82, 2.24) is 4.90 Å². The summed E-state index contributed by atoms with van der Waals surface area (Å²) in [5.41, 5.74) is 0. The molecule has 0 bridgehead atoms. The number of aliphatic hydroxyl groups excluding tert-OH is 2. The lowest BCUT2D eigenvalue weighted by atomic mass is 10.2. The SMILES string of the molecule is O=C(OCCO)N1CCOCC1CO. The van der Waals surface area contributed by atoms with Crippen molar-refractivity contribution in [2.75, 3.05) is 39.6 Å². The van der Waals surface area contributed by atoms with Crippen molar-refractivity contribution in [1.29, 1.82) is 0 Å². The van der Waals surface area contributed by atoms with Crippen LogP contribution in [-0.2, 0) is 9.47 Å². The second kappa shape index (κ2) is 5.79. The quantitative estimate of drug-likeness (QED) is 0.605. The van der Waals surface area contributed by atoms with Crippen LogP contribution in [0.5, 0.6) is 0 Å². The zero-order chi connectivity index (χ0) is 10.4. The molecule has 6 nitrogen and oxygen atoms in total. The molecular formula is C8H15NO5. The van der Waals surface area contributed by atoms with Gasteiger partial charge in [0, 0.05) is 6.54 Å². The lowest BCUT2D eigenvalue weighted by Crippen LogP contribution is -2.50. The van der Waals surface area contributed by atoms with Crippen molar-refractivity contribution in [3.63, 3.8) is 0 Å². The highest BCUT2D eigenvalue weighted by atomic mass is 16.6. The highest BCUT2D eigenvalue weighted by Crippen LogP contribution is 2.07. The molecule has 0 aromatic heterocycles. The number of nitrogens with zero attached hydrogens (tertiary/aromatic N) is 1. The Morgan fingerprint density at radius 3 is 3.00 bits per heavy atom. The zero-order valence-electron chi connectivity index (χ0n) is 7.89. The maximum absolute atomic E-state index is 11.4. The van der Waals surface area contributed by atoms with Crippen LogP contribution in [-0.4, -0.2) is 66.8 Å². The Hall–Kier alpha value is -0.850. The summed E-state index contributed by atoms with van der Waals surface area (Å²) in [5, 5.41) is 17.4. The molecular weight excluding hydrogens is 190 g/mol. The predicted molar refractivity (Wildman–Crippen MR) is 46.8 cm³/mol. The van der Waals surface area contributed by atoms with Crippen LogP contribution >= 0.6 is 0 Å². The molecule has 82 valence electrons. The summed E-state index contributed by atoms with van der Waals surface area (Å²) in [5.74, 6) is 0. The van der Waals surface area contributed by atoms with E-state index in [1.165, 1.54) is 4.90 Å². The molecule has 0 radical (unpaired) electrons. The van der Waals surface area contributed by atoms with Crippen molar-refractivity contribution >= 4 is 6.09 Å². The van der Waals surface area contributed by atoms with Crippen LogP contribution in [0.15, 0.2) is 0 Å². The monoisotopic (exact) mass is 205 g/mol. The van der Waals surface area contributed by atoms with Gasteiger partial charge in [-0.3, -0.25) is 4.90 Å². The Bertz CT molecular complexity index is 187. The molecule has 1 aliphatic heterocycles. The number of amides is 1. The van der Waals surface area contributed by atoms with E-state index in [1.807, 2.05) is 0 Å². The molecule has 1 amide bonds. The van der Waals surface area contributed by atoms with E-state index in [0.29, 0.717) is 19.8 Å². The number of rotatable bonds is 3. The average molecular weight is 205 g/mol. The first-order chi connectivity index (χ1) is 6.79. The summed E-state index contributed by atoms with van der Waals surface area (Å²) >= 11 is 0. The molecule has 0 aromatic carbocycles. The topological polar surface area (TPSA) is 79.2 Å². The third kappa shape index (κ3) is 2.83. The van der Waals surface area contributed by atoms with Crippen LogP contribution < -0.4 is 0 Å². The number of carbonyl (C=O) groups is 1. The molecule has 1 atom stereocenters. The summed E-state index contributed by atoms with van der Waals surface area (Å²) in [6, 6.07) is -0.338. The average Bonchev–Trinajstić information content (AvgIpc) is 2.25. The van der Waals surface area contributed by atoms with E-state index in [0.717, 1.165) is 0 Å². The first-order valence-electron chi connectivity index (χ1n) is 4.52. The van der Waals surface area contributed by atoms with Crippen molar-refractivity contribution in [3.05, 3.63) is 0 Å². The molecule has 2 N–H and O–H groups in total. The lowest BCUT2D eigenvalue weighted by Gasteiger charge is -2.33. The summed E-state index contributed by atoms with van der Waals surface area (Å²) in [6.45, 7) is 0.827. The minimum absolute atomic E-state index is 0.0195. The largest absolute Gasteiger partial charge is 0.447 e. The van der Waals surface area contributed by atoms with Crippen molar-refractivity contribution < 1.29 is 24.5 Å². The van der Waals surface area contributed by atoms with Crippen LogP contribution in [0.2, 0.25) is 0 Å². The minimum Gasteiger partial charge on any atom is -0.447 e. The Morgan fingerprint density at radius 1 is 1.57 bits per heavy atom. The van der Waals surface area contributed by atoms with Gasteiger partial charge in [-0.1, -0.05) is 0 Å². The summed E-state index contributed by atoms with van der Waals surface area (Å²) in [4.78, 5) is 12.8. The number of aliphatic hydroxyl groups is 2.